The molecule has 0 N–H and O–H groups in total. The summed E-state index contributed by atoms with van der Waals surface area (Å²) in [4.78, 5) is 14.1. The highest BCUT2D eigenvalue weighted by Crippen LogP contribution is 2.30. The summed E-state index contributed by atoms with van der Waals surface area (Å²) in [6, 6.07) is 6.14. The van der Waals surface area contributed by atoms with Gasteiger partial charge in [-0.1, -0.05) is 12.1 Å². The molecule has 0 radical (unpaired) electrons. The van der Waals surface area contributed by atoms with Crippen molar-refractivity contribution in [3.63, 3.8) is 0 Å². The number of ether oxygens (including phenoxy) is 2. The van der Waals surface area contributed by atoms with Crippen molar-refractivity contribution in [2.45, 2.75) is 38.4 Å². The minimum absolute atomic E-state index is 0.110. The van der Waals surface area contributed by atoms with Gasteiger partial charge in [-0.25, -0.2) is 4.39 Å². The quantitative estimate of drug-likeness (QED) is 0.811. The maximum absolute atomic E-state index is 13.6. The number of likely N-dealkylation sites (tertiary alicyclic amines) is 1. The van der Waals surface area contributed by atoms with Crippen LogP contribution >= 0.6 is 0 Å². The largest absolute Gasteiger partial charge is 0.478 e. The smallest absolute Gasteiger partial charge is 0.263 e. The van der Waals surface area contributed by atoms with Crippen molar-refractivity contribution in [3.8, 4) is 5.75 Å². The lowest BCUT2D eigenvalue weighted by Gasteiger charge is -2.22. The van der Waals surface area contributed by atoms with Crippen LogP contribution in [0.15, 0.2) is 24.3 Å². The molecule has 1 aliphatic heterocycles. The molecule has 0 bridgehead atoms. The third kappa shape index (κ3) is 3.77. The Hall–Kier alpha value is -1.62. The molecular formula is C17H22FNO3. The highest BCUT2D eigenvalue weighted by Gasteiger charge is 2.32. The monoisotopic (exact) mass is 307 g/mol. The van der Waals surface area contributed by atoms with E-state index in [9.17, 15) is 9.18 Å². The summed E-state index contributed by atoms with van der Waals surface area (Å²) in [5, 5.41) is 0. The number of para-hydroxylation sites is 1. The van der Waals surface area contributed by atoms with E-state index in [1.54, 1.807) is 24.0 Å². The van der Waals surface area contributed by atoms with Crippen LogP contribution in [0.1, 0.15) is 26.2 Å². The van der Waals surface area contributed by atoms with Crippen LogP contribution < -0.4 is 4.74 Å². The predicted octanol–water partition coefficient (Wildman–Crippen LogP) is 2.62. The zero-order valence-corrected chi connectivity index (χ0v) is 12.8. The number of nitrogens with zero attached hydrogens (tertiary/aromatic N) is 1. The fourth-order valence-corrected chi connectivity index (χ4v) is 2.66. The Kier molecular flexibility index (Phi) is 4.62. The molecule has 0 spiro atoms. The van der Waals surface area contributed by atoms with Gasteiger partial charge in [-0.05, 0) is 44.2 Å². The summed E-state index contributed by atoms with van der Waals surface area (Å²) in [5.74, 6) is 0.284. The van der Waals surface area contributed by atoms with E-state index in [2.05, 4.69) is 0 Å². The Morgan fingerprint density at radius 1 is 1.36 bits per heavy atom. The molecule has 1 aromatic carbocycles. The van der Waals surface area contributed by atoms with Crippen LogP contribution in [0.4, 0.5) is 4.39 Å². The summed E-state index contributed by atoms with van der Waals surface area (Å²) in [7, 11) is 0. The number of carbonyl (C=O) groups is 1. The summed E-state index contributed by atoms with van der Waals surface area (Å²) < 4.78 is 24.9. The van der Waals surface area contributed by atoms with E-state index in [1.165, 1.54) is 25.0 Å². The molecular weight excluding hydrogens is 285 g/mol. The van der Waals surface area contributed by atoms with Gasteiger partial charge in [0.1, 0.15) is 0 Å². The van der Waals surface area contributed by atoms with E-state index in [4.69, 9.17) is 9.47 Å². The second kappa shape index (κ2) is 6.65. The normalized spacial score (nSPS) is 22.6. The molecule has 0 aromatic heterocycles. The lowest BCUT2D eigenvalue weighted by molar-refractivity contribution is -0.137. The van der Waals surface area contributed by atoms with Crippen LogP contribution in [0.2, 0.25) is 0 Å². The zero-order valence-electron chi connectivity index (χ0n) is 12.8. The predicted molar refractivity (Wildman–Crippen MR) is 80.2 cm³/mol. The highest BCUT2D eigenvalue weighted by atomic mass is 19.1. The minimum atomic E-state index is -0.695. The molecule has 1 aliphatic carbocycles. The number of amides is 1. The first-order valence-corrected chi connectivity index (χ1v) is 7.95. The van der Waals surface area contributed by atoms with Crippen molar-refractivity contribution in [2.24, 2.45) is 5.92 Å². The number of carbonyl (C=O) groups excluding carboxylic acids is 1. The second-order valence-corrected chi connectivity index (χ2v) is 6.16. The lowest BCUT2D eigenvalue weighted by atomic mass is 10.3. The van der Waals surface area contributed by atoms with Gasteiger partial charge in [0, 0.05) is 19.7 Å². The van der Waals surface area contributed by atoms with E-state index in [-0.39, 0.29) is 17.8 Å². The fraction of sp³-hybridized carbons (Fsp3) is 0.588. The van der Waals surface area contributed by atoms with Crippen LogP contribution in [-0.2, 0) is 9.53 Å². The maximum atomic E-state index is 13.6. The SMILES string of the molecule is C[C@H](Oc1ccccc1F)C(=O)N1CC[C@H](OCC2CC2)C1. The van der Waals surface area contributed by atoms with Crippen LogP contribution in [0.3, 0.4) is 0 Å². The van der Waals surface area contributed by atoms with Crippen molar-refractivity contribution in [2.75, 3.05) is 19.7 Å². The second-order valence-electron chi connectivity index (χ2n) is 6.16. The first kappa shape index (κ1) is 15.3. The summed E-state index contributed by atoms with van der Waals surface area (Å²) in [5.41, 5.74) is 0. The van der Waals surface area contributed by atoms with E-state index < -0.39 is 11.9 Å². The van der Waals surface area contributed by atoms with E-state index in [0.717, 1.165) is 18.9 Å². The maximum Gasteiger partial charge on any atom is 0.263 e. The van der Waals surface area contributed by atoms with E-state index >= 15 is 0 Å². The van der Waals surface area contributed by atoms with Crippen molar-refractivity contribution in [3.05, 3.63) is 30.1 Å². The lowest BCUT2D eigenvalue weighted by Crippen LogP contribution is -2.39. The zero-order chi connectivity index (χ0) is 15.5. The Labute approximate surface area is 130 Å². The molecule has 0 unspecified atom stereocenters. The first-order chi connectivity index (χ1) is 10.6. The van der Waals surface area contributed by atoms with Gasteiger partial charge in [0.2, 0.25) is 0 Å². The van der Waals surface area contributed by atoms with Gasteiger partial charge in [-0.3, -0.25) is 4.79 Å². The van der Waals surface area contributed by atoms with Crippen LogP contribution in [0.25, 0.3) is 0 Å². The molecule has 1 amide bonds. The summed E-state index contributed by atoms with van der Waals surface area (Å²) >= 11 is 0. The molecule has 2 fully saturated rings. The Balaban J connectivity index is 1.49. The van der Waals surface area contributed by atoms with Crippen molar-refractivity contribution in [1.29, 1.82) is 0 Å². The number of benzene rings is 1. The fourth-order valence-electron chi connectivity index (χ4n) is 2.66. The van der Waals surface area contributed by atoms with Crippen molar-refractivity contribution < 1.29 is 18.7 Å². The summed E-state index contributed by atoms with van der Waals surface area (Å²) in [6.45, 7) is 3.76. The van der Waals surface area contributed by atoms with Gasteiger partial charge < -0.3 is 14.4 Å². The van der Waals surface area contributed by atoms with E-state index in [0.29, 0.717) is 13.1 Å². The molecule has 2 atom stereocenters. The molecule has 2 aliphatic rings. The third-order valence-corrected chi connectivity index (χ3v) is 4.21. The van der Waals surface area contributed by atoms with Crippen molar-refractivity contribution in [1.82, 2.24) is 4.90 Å². The van der Waals surface area contributed by atoms with Gasteiger partial charge in [0.05, 0.1) is 6.10 Å². The number of rotatable bonds is 6. The van der Waals surface area contributed by atoms with Crippen LogP contribution in [0, 0.1) is 11.7 Å². The van der Waals surface area contributed by atoms with Crippen LogP contribution in [-0.4, -0.2) is 42.7 Å². The highest BCUT2D eigenvalue weighted by molar-refractivity contribution is 5.81. The summed E-state index contributed by atoms with van der Waals surface area (Å²) in [6.07, 6.45) is 2.83. The van der Waals surface area contributed by atoms with E-state index in [1.807, 2.05) is 0 Å². The molecule has 1 heterocycles. The molecule has 120 valence electrons. The van der Waals surface area contributed by atoms with Gasteiger partial charge >= 0.3 is 0 Å². The molecule has 4 nitrogen and oxygen atoms in total. The molecule has 1 saturated heterocycles. The number of hydrogen-bond donors (Lipinski definition) is 0. The average Bonchev–Trinajstić information content (AvgIpc) is 3.23. The molecule has 1 saturated carbocycles. The molecule has 1 aromatic rings. The first-order valence-electron chi connectivity index (χ1n) is 7.95. The molecule has 22 heavy (non-hydrogen) atoms. The Morgan fingerprint density at radius 2 is 2.14 bits per heavy atom. The Bertz CT molecular complexity index is 532. The Morgan fingerprint density at radius 3 is 2.86 bits per heavy atom. The standard InChI is InChI=1S/C17H22FNO3/c1-12(22-16-5-3-2-4-15(16)18)17(20)19-9-8-14(10-19)21-11-13-6-7-13/h2-5,12-14H,6-11H2,1H3/t12-,14-/m0/s1. The topological polar surface area (TPSA) is 38.8 Å². The third-order valence-electron chi connectivity index (χ3n) is 4.21. The minimum Gasteiger partial charge on any atom is -0.478 e. The van der Waals surface area contributed by atoms with Crippen LogP contribution in [0.5, 0.6) is 5.75 Å². The van der Waals surface area contributed by atoms with Gasteiger partial charge in [-0.2, -0.15) is 0 Å². The van der Waals surface area contributed by atoms with Crippen molar-refractivity contribution >= 4 is 5.91 Å². The average molecular weight is 307 g/mol. The van der Waals surface area contributed by atoms with Gasteiger partial charge in [0.25, 0.3) is 5.91 Å². The number of halogens is 1. The molecule has 3 rings (SSSR count). The van der Waals surface area contributed by atoms with Gasteiger partial charge in [0.15, 0.2) is 17.7 Å². The van der Waals surface area contributed by atoms with Gasteiger partial charge in [-0.15, -0.1) is 0 Å². The molecule has 5 heteroatoms. The number of hydrogen-bond acceptors (Lipinski definition) is 3.